The van der Waals surface area contributed by atoms with Crippen molar-refractivity contribution in [1.29, 1.82) is 0 Å². The quantitative estimate of drug-likeness (QED) is 0.169. The lowest BCUT2D eigenvalue weighted by molar-refractivity contribution is 0.332. The first-order chi connectivity index (χ1) is 32.3. The Balaban J connectivity index is 1.17. The first-order valence-electron chi connectivity index (χ1n) is 23.9. The Bertz CT molecular complexity index is 3570. The molecule has 12 rings (SSSR count). The summed E-state index contributed by atoms with van der Waals surface area (Å²) in [6.45, 7) is 16.5. The molecule has 0 unspecified atom stereocenters. The second-order valence-corrected chi connectivity index (χ2v) is 21.2. The highest BCUT2D eigenvalue weighted by atomic mass is 16.4. The van der Waals surface area contributed by atoms with Crippen LogP contribution >= 0.6 is 0 Å². The maximum Gasteiger partial charge on any atom is 0.204 e. The van der Waals surface area contributed by atoms with Crippen molar-refractivity contribution in [3.8, 4) is 33.4 Å². The molecule has 4 nitrogen and oxygen atoms in total. The molecule has 1 aliphatic carbocycles. The standard InChI is InChI=1S/C62H55BN2O2/c1-60(2,3)41-27-31-52(45(35-41)39-20-12-9-13-21-39)65-57-55(63-56-44-23-15-17-25-54(44)67-59(56)65)47(37-48-43-22-14-16-24-53(43)66-58(48)57)46-34-40(38-18-10-8-11-19-38)26-30-51(46)64-42-28-29-49-50(36-42)62(6,7)33-32-61(49,4)5/h8-31,34-37,63-64H,32-33H2,1-7H3. The van der Waals surface area contributed by atoms with Gasteiger partial charge in [0.25, 0.3) is 0 Å². The van der Waals surface area contributed by atoms with Crippen molar-refractivity contribution in [2.24, 2.45) is 0 Å². The molecule has 0 fully saturated rings. The minimum Gasteiger partial charge on any atom is -0.454 e. The summed E-state index contributed by atoms with van der Waals surface area (Å²) in [4.78, 5) is 2.39. The van der Waals surface area contributed by atoms with E-state index in [4.69, 9.17) is 8.83 Å². The molecule has 0 radical (unpaired) electrons. The first kappa shape index (κ1) is 41.2. The van der Waals surface area contributed by atoms with Gasteiger partial charge in [0.05, 0.1) is 11.4 Å². The van der Waals surface area contributed by atoms with Gasteiger partial charge in [-0.2, -0.15) is 0 Å². The third kappa shape index (κ3) is 6.81. The van der Waals surface area contributed by atoms with Crippen LogP contribution in [0.15, 0.2) is 179 Å². The highest BCUT2D eigenvalue weighted by molar-refractivity contribution is 6.76. The van der Waals surface area contributed by atoms with Crippen LogP contribution in [-0.2, 0) is 16.2 Å². The van der Waals surface area contributed by atoms with Crippen LogP contribution in [0.1, 0.15) is 78.0 Å². The zero-order chi connectivity index (χ0) is 45.8. The van der Waals surface area contributed by atoms with E-state index in [1.165, 1.54) is 34.1 Å². The zero-order valence-electron chi connectivity index (χ0n) is 39.6. The van der Waals surface area contributed by atoms with E-state index >= 15 is 0 Å². The number of hydrogen-bond donors (Lipinski definition) is 1. The summed E-state index contributed by atoms with van der Waals surface area (Å²) in [5.41, 5.74) is 20.3. The van der Waals surface area contributed by atoms with Gasteiger partial charge >= 0.3 is 0 Å². The molecule has 0 bridgehead atoms. The van der Waals surface area contributed by atoms with Crippen LogP contribution in [0.25, 0.3) is 66.3 Å². The number of furan rings is 2. The average molecular weight is 871 g/mol. The SMILES string of the molecule is CC(C)(C)c1ccc(N2c3oc4ccccc4c3Bc3c(-c4cc(-c5ccccc5)ccc4Nc4ccc5c(c4)C(C)(C)CCC5(C)C)cc4c(oc5ccccc54)c32)c(-c2ccccc2)c1. The molecular weight excluding hydrogens is 816 g/mol. The maximum atomic E-state index is 7.12. The summed E-state index contributed by atoms with van der Waals surface area (Å²) >= 11 is 0. The van der Waals surface area contributed by atoms with Crippen LogP contribution in [0.5, 0.6) is 0 Å². The fraction of sp³-hybridized carbons (Fsp3) is 0.194. The second kappa shape index (κ2) is 15.2. The molecule has 0 amide bonds. The Morgan fingerprint density at radius 3 is 1.91 bits per heavy atom. The van der Waals surface area contributed by atoms with Crippen LogP contribution in [0.4, 0.5) is 28.6 Å². The van der Waals surface area contributed by atoms with Crippen molar-refractivity contribution < 1.29 is 8.83 Å². The van der Waals surface area contributed by atoms with E-state index in [0.29, 0.717) is 7.28 Å². The third-order valence-corrected chi connectivity index (χ3v) is 14.9. The molecule has 1 aliphatic heterocycles. The Morgan fingerprint density at radius 2 is 1.18 bits per heavy atom. The van der Waals surface area contributed by atoms with E-state index in [9.17, 15) is 0 Å². The van der Waals surface area contributed by atoms with Gasteiger partial charge in [0.2, 0.25) is 7.28 Å². The molecule has 1 N–H and O–H groups in total. The van der Waals surface area contributed by atoms with Gasteiger partial charge in [0, 0.05) is 38.7 Å². The summed E-state index contributed by atoms with van der Waals surface area (Å²) < 4.78 is 14.2. The number of hydrogen-bond acceptors (Lipinski definition) is 4. The number of benzene rings is 8. The molecule has 328 valence electrons. The second-order valence-electron chi connectivity index (χ2n) is 21.2. The summed E-state index contributed by atoms with van der Waals surface area (Å²) in [6, 6.07) is 62.0. The predicted octanol–water partition coefficient (Wildman–Crippen LogP) is 15.9. The Kier molecular flexibility index (Phi) is 9.32. The van der Waals surface area contributed by atoms with Crippen LogP contribution in [0.3, 0.4) is 0 Å². The zero-order valence-corrected chi connectivity index (χ0v) is 39.6. The fourth-order valence-corrected chi connectivity index (χ4v) is 11.0. The fourth-order valence-electron chi connectivity index (χ4n) is 11.0. The molecule has 0 saturated carbocycles. The molecule has 8 aromatic carbocycles. The summed E-state index contributed by atoms with van der Waals surface area (Å²) in [7, 11) is 0.651. The van der Waals surface area contributed by atoms with Crippen molar-refractivity contribution in [2.75, 3.05) is 10.2 Å². The van der Waals surface area contributed by atoms with Crippen molar-refractivity contribution in [1.82, 2.24) is 0 Å². The number of rotatable bonds is 6. The number of para-hydroxylation sites is 2. The summed E-state index contributed by atoms with van der Waals surface area (Å²) in [5, 5.41) is 7.30. The van der Waals surface area contributed by atoms with E-state index in [0.717, 1.165) is 101 Å². The summed E-state index contributed by atoms with van der Waals surface area (Å²) in [5.74, 6) is 0.823. The maximum absolute atomic E-state index is 7.12. The molecular formula is C62H55BN2O2. The molecule has 0 atom stereocenters. The molecule has 5 heteroatoms. The number of fused-ring (bicyclic) bond motifs is 9. The molecule has 2 aliphatic rings. The highest BCUT2D eigenvalue weighted by Crippen LogP contribution is 2.51. The van der Waals surface area contributed by atoms with E-state index in [1.54, 1.807) is 0 Å². The van der Waals surface area contributed by atoms with E-state index in [1.807, 2.05) is 0 Å². The van der Waals surface area contributed by atoms with Crippen molar-refractivity contribution in [3.63, 3.8) is 0 Å². The molecule has 10 aromatic rings. The van der Waals surface area contributed by atoms with Gasteiger partial charge in [-0.1, -0.05) is 164 Å². The summed E-state index contributed by atoms with van der Waals surface area (Å²) in [6.07, 6.45) is 2.34. The molecule has 67 heavy (non-hydrogen) atoms. The minimum absolute atomic E-state index is 0.0667. The van der Waals surface area contributed by atoms with Crippen LogP contribution in [0, 0.1) is 0 Å². The lowest BCUT2D eigenvalue weighted by atomic mass is 9.58. The van der Waals surface area contributed by atoms with Crippen molar-refractivity contribution in [3.05, 3.63) is 187 Å². The van der Waals surface area contributed by atoms with Crippen molar-refractivity contribution >= 4 is 79.7 Å². The van der Waals surface area contributed by atoms with Gasteiger partial charge < -0.3 is 14.2 Å². The van der Waals surface area contributed by atoms with Gasteiger partial charge in [-0.05, 0) is 134 Å². The predicted molar refractivity (Wildman–Crippen MR) is 285 cm³/mol. The Labute approximate surface area is 394 Å². The molecule has 2 aromatic heterocycles. The van der Waals surface area contributed by atoms with Crippen LogP contribution in [0.2, 0.25) is 0 Å². The van der Waals surface area contributed by atoms with Crippen molar-refractivity contribution in [2.45, 2.75) is 77.6 Å². The first-order valence-corrected chi connectivity index (χ1v) is 23.9. The van der Waals surface area contributed by atoms with Gasteiger partial charge in [-0.15, -0.1) is 0 Å². The Hall–Kier alpha value is -7.24. The average Bonchev–Trinajstić information content (AvgIpc) is 3.91. The lowest BCUT2D eigenvalue weighted by Gasteiger charge is -2.42. The number of anilines is 5. The smallest absolute Gasteiger partial charge is 0.204 e. The van der Waals surface area contributed by atoms with E-state index in [-0.39, 0.29) is 16.2 Å². The molecule has 0 saturated heterocycles. The third-order valence-electron chi connectivity index (χ3n) is 14.9. The minimum atomic E-state index is -0.0667. The largest absolute Gasteiger partial charge is 0.454 e. The topological polar surface area (TPSA) is 41.6 Å². The van der Waals surface area contributed by atoms with Gasteiger partial charge in [-0.25, -0.2) is 0 Å². The van der Waals surface area contributed by atoms with Gasteiger partial charge in [-0.3, -0.25) is 4.90 Å². The van der Waals surface area contributed by atoms with E-state index in [2.05, 4.69) is 229 Å². The van der Waals surface area contributed by atoms with Crippen LogP contribution in [-0.4, -0.2) is 7.28 Å². The number of nitrogens with one attached hydrogen (secondary N) is 1. The molecule has 3 heterocycles. The normalized spacial score (nSPS) is 15.0. The lowest BCUT2D eigenvalue weighted by Crippen LogP contribution is -2.40. The number of nitrogens with zero attached hydrogens (tertiary/aromatic N) is 1. The van der Waals surface area contributed by atoms with Gasteiger partial charge in [0.15, 0.2) is 11.5 Å². The Morgan fingerprint density at radius 1 is 0.522 bits per heavy atom. The molecule has 0 spiro atoms. The van der Waals surface area contributed by atoms with Gasteiger partial charge in [0.1, 0.15) is 11.2 Å². The van der Waals surface area contributed by atoms with E-state index < -0.39 is 0 Å². The van der Waals surface area contributed by atoms with Crippen LogP contribution < -0.4 is 21.1 Å². The monoisotopic (exact) mass is 870 g/mol. The highest BCUT2D eigenvalue weighted by Gasteiger charge is 2.39.